The molecule has 0 amide bonds. The fourth-order valence-electron chi connectivity index (χ4n) is 4.24. The molecule has 1 aromatic rings. The maximum Gasteiger partial charge on any atom is 0.0406 e. The molecule has 2 fully saturated rings. The molecule has 1 heterocycles. The van der Waals surface area contributed by atoms with Crippen LogP contribution in [0, 0.1) is 5.92 Å². The highest BCUT2D eigenvalue weighted by Gasteiger charge is 2.33. The van der Waals surface area contributed by atoms with Crippen molar-refractivity contribution >= 4 is 11.6 Å². The monoisotopic (exact) mass is 386 g/mol. The average molecular weight is 387 g/mol. The normalized spacial score (nSPS) is 19.7. The third-order valence-electron chi connectivity index (χ3n) is 6.11. The van der Waals surface area contributed by atoms with Gasteiger partial charge in [-0.1, -0.05) is 55.8 Å². The van der Waals surface area contributed by atoms with Gasteiger partial charge in [-0.25, -0.2) is 0 Å². The van der Waals surface area contributed by atoms with Crippen LogP contribution in [0.4, 0.5) is 0 Å². The topological polar surface area (TPSA) is 6.48 Å². The lowest BCUT2D eigenvalue weighted by atomic mass is 9.78. The van der Waals surface area contributed by atoms with Crippen LogP contribution in [0.1, 0.15) is 52.5 Å². The van der Waals surface area contributed by atoms with E-state index in [1.807, 2.05) is 12.1 Å². The second-order valence-corrected chi connectivity index (χ2v) is 9.63. The van der Waals surface area contributed by atoms with Crippen LogP contribution in [0.5, 0.6) is 0 Å². The molecule has 1 aromatic carbocycles. The number of hydrogen-bond acceptors (Lipinski definition) is 2. The Morgan fingerprint density at radius 1 is 1.15 bits per heavy atom. The van der Waals surface area contributed by atoms with Gasteiger partial charge in [-0.3, -0.25) is 4.90 Å². The summed E-state index contributed by atoms with van der Waals surface area (Å²) in [6.07, 6.45) is 6.26. The van der Waals surface area contributed by atoms with E-state index in [-0.39, 0.29) is 5.41 Å². The standard InChI is InChI=1S/C24H35ClN2/c1-18(2)16-23(17-24(4,5)21-8-10-22(25)11-9-21)27-14-12-26(13-15-27)19(3)20-6-7-20/h8-11,16,20,23H,3,6-7,12-15,17H2,1-2,4-5H3. The van der Waals surface area contributed by atoms with Crippen molar-refractivity contribution in [2.75, 3.05) is 26.2 Å². The Morgan fingerprint density at radius 3 is 2.26 bits per heavy atom. The number of piperazine rings is 1. The first kappa shape index (κ1) is 20.5. The number of nitrogens with zero attached hydrogens (tertiary/aromatic N) is 2. The van der Waals surface area contributed by atoms with Crippen molar-refractivity contribution in [3.8, 4) is 0 Å². The van der Waals surface area contributed by atoms with Crippen molar-refractivity contribution in [3.05, 3.63) is 58.8 Å². The first-order chi connectivity index (χ1) is 12.8. The number of halogens is 1. The molecule has 0 bridgehead atoms. The molecule has 1 atom stereocenters. The van der Waals surface area contributed by atoms with Gasteiger partial charge in [-0.05, 0) is 62.1 Å². The molecule has 1 saturated carbocycles. The van der Waals surface area contributed by atoms with Crippen LogP contribution < -0.4 is 0 Å². The van der Waals surface area contributed by atoms with Crippen LogP contribution in [-0.2, 0) is 5.41 Å². The van der Waals surface area contributed by atoms with Gasteiger partial charge in [-0.2, -0.15) is 0 Å². The van der Waals surface area contributed by atoms with Crippen molar-refractivity contribution in [1.29, 1.82) is 0 Å². The molecular weight excluding hydrogens is 352 g/mol. The van der Waals surface area contributed by atoms with Gasteiger partial charge >= 0.3 is 0 Å². The summed E-state index contributed by atoms with van der Waals surface area (Å²) < 4.78 is 0. The highest BCUT2D eigenvalue weighted by Crippen LogP contribution is 2.38. The molecular formula is C24H35ClN2. The Morgan fingerprint density at radius 2 is 1.74 bits per heavy atom. The van der Waals surface area contributed by atoms with Crippen molar-refractivity contribution in [1.82, 2.24) is 9.80 Å². The molecule has 1 aliphatic carbocycles. The van der Waals surface area contributed by atoms with Gasteiger partial charge in [0.15, 0.2) is 0 Å². The summed E-state index contributed by atoms with van der Waals surface area (Å²) in [6.45, 7) is 18.0. The van der Waals surface area contributed by atoms with Crippen molar-refractivity contribution in [2.45, 2.75) is 58.4 Å². The lowest BCUT2D eigenvalue weighted by molar-refractivity contribution is 0.117. The molecule has 3 rings (SSSR count). The zero-order chi connectivity index (χ0) is 19.6. The predicted octanol–water partition coefficient (Wildman–Crippen LogP) is 5.88. The quantitative estimate of drug-likeness (QED) is 0.539. The van der Waals surface area contributed by atoms with Crippen LogP contribution in [-0.4, -0.2) is 42.0 Å². The summed E-state index contributed by atoms with van der Waals surface area (Å²) in [6, 6.07) is 8.85. The van der Waals surface area contributed by atoms with Gasteiger partial charge in [-0.15, -0.1) is 0 Å². The Bertz CT molecular complexity index is 673. The van der Waals surface area contributed by atoms with Crippen molar-refractivity contribution in [3.63, 3.8) is 0 Å². The van der Waals surface area contributed by atoms with E-state index in [0.29, 0.717) is 6.04 Å². The lowest BCUT2D eigenvalue weighted by Crippen LogP contribution is -2.50. The maximum absolute atomic E-state index is 6.09. The molecule has 1 saturated heterocycles. The van der Waals surface area contributed by atoms with Crippen LogP contribution in [0.2, 0.25) is 5.02 Å². The molecule has 0 spiro atoms. The van der Waals surface area contributed by atoms with E-state index in [2.05, 4.69) is 62.3 Å². The molecule has 1 unspecified atom stereocenters. The van der Waals surface area contributed by atoms with Gasteiger partial charge in [0.05, 0.1) is 0 Å². The smallest absolute Gasteiger partial charge is 0.0406 e. The molecule has 2 nitrogen and oxygen atoms in total. The molecule has 3 heteroatoms. The van der Waals surface area contributed by atoms with E-state index in [1.54, 1.807) is 0 Å². The van der Waals surface area contributed by atoms with Gasteiger partial charge < -0.3 is 4.90 Å². The fraction of sp³-hybridized carbons (Fsp3) is 0.583. The van der Waals surface area contributed by atoms with Crippen LogP contribution in [0.25, 0.3) is 0 Å². The summed E-state index contributed by atoms with van der Waals surface area (Å²) in [7, 11) is 0. The van der Waals surface area contributed by atoms with Gasteiger partial charge in [0, 0.05) is 42.9 Å². The summed E-state index contributed by atoms with van der Waals surface area (Å²) in [5, 5.41) is 0.808. The molecule has 1 aliphatic heterocycles. The van der Waals surface area contributed by atoms with E-state index in [9.17, 15) is 0 Å². The lowest BCUT2D eigenvalue weighted by Gasteiger charge is -2.42. The average Bonchev–Trinajstić information content (AvgIpc) is 3.45. The summed E-state index contributed by atoms with van der Waals surface area (Å²) in [5.74, 6) is 0.772. The zero-order valence-electron chi connectivity index (χ0n) is 17.5. The van der Waals surface area contributed by atoms with Crippen molar-refractivity contribution < 1.29 is 0 Å². The number of hydrogen-bond donors (Lipinski definition) is 0. The second kappa shape index (κ2) is 8.41. The van der Waals surface area contributed by atoms with Crippen LogP contribution >= 0.6 is 11.6 Å². The molecule has 0 radical (unpaired) electrons. The number of allylic oxidation sites excluding steroid dienone is 2. The summed E-state index contributed by atoms with van der Waals surface area (Å²) in [5.41, 5.74) is 4.25. The highest BCUT2D eigenvalue weighted by molar-refractivity contribution is 6.30. The number of benzene rings is 1. The first-order valence-corrected chi connectivity index (χ1v) is 10.7. The highest BCUT2D eigenvalue weighted by atomic mass is 35.5. The number of rotatable bonds is 7. The van der Waals surface area contributed by atoms with E-state index in [1.165, 1.54) is 29.7 Å². The third kappa shape index (κ3) is 5.39. The second-order valence-electron chi connectivity index (χ2n) is 9.19. The maximum atomic E-state index is 6.09. The predicted molar refractivity (Wildman–Crippen MR) is 117 cm³/mol. The van der Waals surface area contributed by atoms with Crippen LogP contribution in [0.15, 0.2) is 48.2 Å². The van der Waals surface area contributed by atoms with Gasteiger partial charge in [0.1, 0.15) is 0 Å². The SMILES string of the molecule is C=C(C1CC1)N1CCN(C(C=C(C)C)CC(C)(C)c2ccc(Cl)cc2)CC1. The minimum absolute atomic E-state index is 0.107. The summed E-state index contributed by atoms with van der Waals surface area (Å²) in [4.78, 5) is 5.19. The van der Waals surface area contributed by atoms with Crippen LogP contribution in [0.3, 0.4) is 0 Å². The zero-order valence-corrected chi connectivity index (χ0v) is 18.2. The first-order valence-electron chi connectivity index (χ1n) is 10.3. The Balaban J connectivity index is 1.68. The van der Waals surface area contributed by atoms with E-state index < -0.39 is 0 Å². The Kier molecular flexibility index (Phi) is 6.38. The molecule has 148 valence electrons. The minimum Gasteiger partial charge on any atom is -0.372 e. The largest absolute Gasteiger partial charge is 0.372 e. The third-order valence-corrected chi connectivity index (χ3v) is 6.36. The summed E-state index contributed by atoms with van der Waals surface area (Å²) >= 11 is 6.09. The van der Waals surface area contributed by atoms with E-state index >= 15 is 0 Å². The Hall–Kier alpha value is -1.25. The van der Waals surface area contributed by atoms with Crippen molar-refractivity contribution in [2.24, 2.45) is 5.92 Å². The van der Waals surface area contributed by atoms with Gasteiger partial charge in [0.2, 0.25) is 0 Å². The minimum atomic E-state index is 0.107. The fourth-order valence-corrected chi connectivity index (χ4v) is 4.36. The van der Waals surface area contributed by atoms with Gasteiger partial charge in [0.25, 0.3) is 0 Å². The molecule has 0 aromatic heterocycles. The molecule has 0 N–H and O–H groups in total. The van der Waals surface area contributed by atoms with E-state index in [4.69, 9.17) is 11.6 Å². The Labute approximate surface area is 170 Å². The molecule has 27 heavy (non-hydrogen) atoms. The molecule has 2 aliphatic rings. The van der Waals surface area contributed by atoms with E-state index in [0.717, 1.165) is 43.5 Å².